The molecule has 1 aliphatic carbocycles. The minimum absolute atomic E-state index is 0.0315. The maximum Gasteiger partial charge on any atom is 0.192 e. The van der Waals surface area contributed by atoms with Gasteiger partial charge in [-0.3, -0.25) is 9.59 Å². The lowest BCUT2D eigenvalue weighted by Crippen LogP contribution is -2.32. The number of piperidine rings is 1. The average molecular weight is 400 g/mol. The Labute approximate surface area is 173 Å². The van der Waals surface area contributed by atoms with Crippen LogP contribution < -0.4 is 5.43 Å². The maximum absolute atomic E-state index is 12.5. The van der Waals surface area contributed by atoms with Gasteiger partial charge in [-0.05, 0) is 62.2 Å². The smallest absolute Gasteiger partial charge is 0.192 e. The zero-order chi connectivity index (χ0) is 20.2. The monoisotopic (exact) mass is 400 g/mol. The van der Waals surface area contributed by atoms with Gasteiger partial charge < -0.3 is 13.9 Å². The number of carbonyl (C=O) groups excluding carboxylic acids is 1. The molecule has 3 heterocycles. The summed E-state index contributed by atoms with van der Waals surface area (Å²) < 4.78 is 8.26. The molecule has 5 nitrogen and oxygen atoms in total. The van der Waals surface area contributed by atoms with Crippen molar-refractivity contribution >= 4 is 38.6 Å². The van der Waals surface area contributed by atoms with E-state index in [1.165, 1.54) is 44.7 Å². The average Bonchev–Trinajstić information content (AvgIpc) is 3.31. The molecule has 0 atom stereocenters. The molecule has 0 saturated carbocycles. The van der Waals surface area contributed by atoms with Crippen molar-refractivity contribution in [2.24, 2.45) is 0 Å². The second kappa shape index (κ2) is 6.81. The molecule has 2 aromatic carbocycles. The number of hydrogen-bond donors (Lipinski definition) is 0. The number of aryl methyl sites for hydroxylation is 1. The van der Waals surface area contributed by atoms with Crippen LogP contribution in [-0.2, 0) is 13.0 Å². The highest BCUT2D eigenvalue weighted by Crippen LogP contribution is 2.39. The summed E-state index contributed by atoms with van der Waals surface area (Å²) in [7, 11) is 0. The number of carbonyl (C=O) groups is 1. The number of nitrogens with zero attached hydrogens (tertiary/aromatic N) is 2. The number of hydrogen-bond acceptors (Lipinski definition) is 4. The summed E-state index contributed by atoms with van der Waals surface area (Å²) in [6, 6.07) is 9.47. The fourth-order valence-corrected chi connectivity index (χ4v) is 5.44. The first-order chi connectivity index (χ1) is 14.7. The van der Waals surface area contributed by atoms with Gasteiger partial charge in [0.1, 0.15) is 5.58 Å². The molecular weight excluding hydrogens is 376 g/mol. The van der Waals surface area contributed by atoms with Gasteiger partial charge in [0.2, 0.25) is 0 Å². The van der Waals surface area contributed by atoms with Crippen molar-refractivity contribution in [1.29, 1.82) is 0 Å². The maximum atomic E-state index is 12.5. The number of Topliss-reactive ketones (excluding diaryl/α,β-unsaturated/α-hetero) is 1. The first-order valence-electron chi connectivity index (χ1n) is 11.0. The lowest BCUT2D eigenvalue weighted by molar-refractivity contribution is 0.0994. The van der Waals surface area contributed by atoms with Gasteiger partial charge in [0.05, 0.1) is 22.6 Å². The quantitative estimate of drug-likeness (QED) is 0.508. The van der Waals surface area contributed by atoms with Crippen LogP contribution in [0, 0.1) is 0 Å². The molecule has 0 spiro atoms. The van der Waals surface area contributed by atoms with E-state index in [0.29, 0.717) is 17.4 Å². The molecule has 1 saturated heterocycles. The first-order valence-corrected chi connectivity index (χ1v) is 11.0. The largest absolute Gasteiger partial charge is 0.463 e. The van der Waals surface area contributed by atoms with E-state index < -0.39 is 0 Å². The van der Waals surface area contributed by atoms with Crippen molar-refractivity contribution in [2.45, 2.75) is 38.6 Å². The van der Waals surface area contributed by atoms with Crippen LogP contribution in [0.1, 0.15) is 41.6 Å². The summed E-state index contributed by atoms with van der Waals surface area (Å²) in [6.07, 6.45) is 6.68. The highest BCUT2D eigenvalue weighted by molar-refractivity contribution is 6.22. The zero-order valence-corrected chi connectivity index (χ0v) is 16.9. The van der Waals surface area contributed by atoms with E-state index in [2.05, 4.69) is 15.5 Å². The molecule has 0 unspecified atom stereocenters. The highest BCUT2D eigenvalue weighted by atomic mass is 16.3. The van der Waals surface area contributed by atoms with E-state index in [-0.39, 0.29) is 11.2 Å². The van der Waals surface area contributed by atoms with Gasteiger partial charge in [-0.1, -0.05) is 6.42 Å². The molecule has 4 aromatic rings. The topological polar surface area (TPSA) is 55.5 Å². The molecule has 1 aliphatic heterocycles. The Hall–Kier alpha value is -2.92. The number of rotatable bonds is 3. The Morgan fingerprint density at radius 2 is 1.63 bits per heavy atom. The van der Waals surface area contributed by atoms with Gasteiger partial charge in [-0.25, -0.2) is 0 Å². The Kier molecular flexibility index (Phi) is 4.06. The van der Waals surface area contributed by atoms with Crippen molar-refractivity contribution in [2.75, 3.05) is 19.6 Å². The molecule has 0 radical (unpaired) electrons. The summed E-state index contributed by atoms with van der Waals surface area (Å²) in [4.78, 5) is 27.4. The number of benzene rings is 2. The SMILES string of the molecule is O=C1CCc2c1ccc1c2c2c3occc(=O)c3ccc2n1CCN1CCCCC1. The van der Waals surface area contributed by atoms with Crippen LogP contribution >= 0.6 is 0 Å². The fourth-order valence-electron chi connectivity index (χ4n) is 5.44. The lowest BCUT2D eigenvalue weighted by atomic mass is 10.0. The zero-order valence-electron chi connectivity index (χ0n) is 16.9. The summed E-state index contributed by atoms with van der Waals surface area (Å²) in [6.45, 7) is 4.22. The summed E-state index contributed by atoms with van der Waals surface area (Å²) in [5.41, 5.74) is 4.75. The van der Waals surface area contributed by atoms with Crippen LogP contribution in [0.25, 0.3) is 32.8 Å². The van der Waals surface area contributed by atoms with Gasteiger partial charge >= 0.3 is 0 Å². The van der Waals surface area contributed by atoms with E-state index in [0.717, 1.165) is 52.4 Å². The van der Waals surface area contributed by atoms with Crippen LogP contribution in [0.2, 0.25) is 0 Å². The Balaban J connectivity index is 1.63. The van der Waals surface area contributed by atoms with Gasteiger partial charge in [-0.2, -0.15) is 0 Å². The van der Waals surface area contributed by atoms with Gasteiger partial charge in [-0.15, -0.1) is 0 Å². The molecule has 152 valence electrons. The van der Waals surface area contributed by atoms with Crippen LogP contribution in [0.15, 0.2) is 45.8 Å². The van der Waals surface area contributed by atoms with Crippen molar-refractivity contribution in [3.63, 3.8) is 0 Å². The molecule has 6 rings (SSSR count). The minimum atomic E-state index is -0.0315. The lowest BCUT2D eigenvalue weighted by Gasteiger charge is -2.26. The minimum Gasteiger partial charge on any atom is -0.463 e. The van der Waals surface area contributed by atoms with Gasteiger partial charge in [0.15, 0.2) is 11.2 Å². The van der Waals surface area contributed by atoms with Crippen molar-refractivity contribution in [3.05, 3.63) is 57.9 Å². The fraction of sp³-hybridized carbons (Fsp3) is 0.360. The molecule has 0 bridgehead atoms. The molecular formula is C25H24N2O3. The third-order valence-corrected chi connectivity index (χ3v) is 6.92. The third-order valence-electron chi connectivity index (χ3n) is 6.92. The third kappa shape index (κ3) is 2.58. The normalized spacial score (nSPS) is 17.4. The second-order valence-corrected chi connectivity index (χ2v) is 8.58. The number of likely N-dealkylation sites (tertiary alicyclic amines) is 1. The van der Waals surface area contributed by atoms with E-state index >= 15 is 0 Å². The predicted octanol–water partition coefficient (Wildman–Crippen LogP) is 4.52. The highest BCUT2D eigenvalue weighted by Gasteiger charge is 2.26. The van der Waals surface area contributed by atoms with E-state index in [4.69, 9.17) is 4.42 Å². The van der Waals surface area contributed by atoms with E-state index in [1.54, 1.807) is 0 Å². The molecule has 1 fully saturated rings. The molecule has 30 heavy (non-hydrogen) atoms. The Bertz CT molecular complexity index is 1370. The van der Waals surface area contributed by atoms with Crippen LogP contribution in [0.5, 0.6) is 0 Å². The molecule has 5 heteroatoms. The second-order valence-electron chi connectivity index (χ2n) is 8.58. The summed E-state index contributed by atoms with van der Waals surface area (Å²) >= 11 is 0. The number of fused-ring (bicyclic) bond motifs is 7. The van der Waals surface area contributed by atoms with Crippen LogP contribution in [0.4, 0.5) is 0 Å². The molecule has 2 aliphatic rings. The molecule has 2 aromatic heterocycles. The first kappa shape index (κ1) is 17.9. The van der Waals surface area contributed by atoms with Crippen molar-refractivity contribution in [3.8, 4) is 0 Å². The van der Waals surface area contributed by atoms with Crippen molar-refractivity contribution in [1.82, 2.24) is 9.47 Å². The molecule has 0 N–H and O–H groups in total. The Morgan fingerprint density at radius 1 is 0.833 bits per heavy atom. The van der Waals surface area contributed by atoms with Crippen molar-refractivity contribution < 1.29 is 9.21 Å². The van der Waals surface area contributed by atoms with Gasteiger partial charge in [0.25, 0.3) is 0 Å². The van der Waals surface area contributed by atoms with E-state index in [9.17, 15) is 9.59 Å². The predicted molar refractivity (Wildman–Crippen MR) is 118 cm³/mol. The number of aromatic nitrogens is 1. The molecule has 0 amide bonds. The van der Waals surface area contributed by atoms with E-state index in [1.807, 2.05) is 18.2 Å². The summed E-state index contributed by atoms with van der Waals surface area (Å²) in [5.74, 6) is 0.211. The Morgan fingerprint density at radius 3 is 2.50 bits per heavy atom. The standard InChI is InChI=1S/C25H24N2O3/c28-21-9-6-17-16(21)4-7-19-23(17)24-20(8-5-18-22(29)10-15-30-25(18)24)27(19)14-13-26-11-2-1-3-12-26/h4-5,7-8,10,15H,1-3,6,9,11-14H2. The van der Waals surface area contributed by atoms with Crippen LogP contribution in [0.3, 0.4) is 0 Å². The number of ketones is 1. The van der Waals surface area contributed by atoms with Crippen LogP contribution in [-0.4, -0.2) is 34.9 Å². The van der Waals surface area contributed by atoms with Gasteiger partial charge in [0, 0.05) is 42.0 Å². The summed E-state index contributed by atoms with van der Waals surface area (Å²) in [5, 5.41) is 2.67.